The van der Waals surface area contributed by atoms with Gasteiger partial charge < -0.3 is 29.9 Å². The molecule has 2 atom stereocenters. The second kappa shape index (κ2) is 38.0. The van der Waals surface area contributed by atoms with E-state index in [1.165, 1.54) is 128 Å². The fourth-order valence-electron chi connectivity index (χ4n) is 4.85. The van der Waals surface area contributed by atoms with Gasteiger partial charge in [0.1, 0.15) is 25.4 Å². The van der Waals surface area contributed by atoms with Gasteiger partial charge in [-0.15, -0.1) is 0 Å². The first-order chi connectivity index (χ1) is 21.4. The van der Waals surface area contributed by atoms with Crippen molar-refractivity contribution < 1.29 is 39.5 Å². The number of ether oxygens (including phenoxy) is 2. The molecule has 0 saturated carbocycles. The molecule has 8 heteroatoms. The van der Waals surface area contributed by atoms with Crippen LogP contribution in [0.15, 0.2) is 0 Å². The quantitative estimate of drug-likeness (QED) is 0.0434. The van der Waals surface area contributed by atoms with Crippen LogP contribution >= 0.6 is 0 Å². The van der Waals surface area contributed by atoms with Gasteiger partial charge in [0.05, 0.1) is 13.2 Å². The topological polar surface area (TPSA) is 134 Å². The van der Waals surface area contributed by atoms with Gasteiger partial charge in [-0.3, -0.25) is 9.59 Å². The molecule has 4 N–H and O–H groups in total. The van der Waals surface area contributed by atoms with Crippen molar-refractivity contribution in [3.05, 3.63) is 0 Å². The number of aliphatic hydroxyl groups excluding tert-OH is 4. The molecule has 0 saturated heterocycles. The normalized spacial score (nSPS) is 12.3. The molecule has 0 aromatic heterocycles. The Morgan fingerprint density at radius 2 is 0.659 bits per heavy atom. The standard InChI is InChI=1S/C19H38O4.C17H34O4/c1-2-3-4-5-6-7-8-9-10-11-12-13-14-15-19(22)23-17-18(21)16-20;1-2-3-4-5-6-7-8-9-10-11-12-13-17(20)21-15-16(19)14-18/h18,20-21H,2-17H2,1H3;16,18-19H,2-15H2,1H3. The molecule has 2 unspecified atom stereocenters. The largest absolute Gasteiger partial charge is 0.463 e. The van der Waals surface area contributed by atoms with E-state index < -0.39 is 12.2 Å². The van der Waals surface area contributed by atoms with Crippen LogP contribution in [0.4, 0.5) is 0 Å². The Kier molecular flexibility index (Phi) is 38.7. The summed E-state index contributed by atoms with van der Waals surface area (Å²) in [5.41, 5.74) is 0. The van der Waals surface area contributed by atoms with E-state index in [0.29, 0.717) is 12.8 Å². The maximum Gasteiger partial charge on any atom is 0.305 e. The van der Waals surface area contributed by atoms with E-state index in [0.717, 1.165) is 25.7 Å². The minimum atomic E-state index is -0.953. The third-order valence-electron chi connectivity index (χ3n) is 7.76. The van der Waals surface area contributed by atoms with Crippen LogP contribution in [0.25, 0.3) is 0 Å². The van der Waals surface area contributed by atoms with Crippen LogP contribution in [0.1, 0.15) is 181 Å². The predicted molar refractivity (Wildman–Crippen MR) is 179 cm³/mol. The van der Waals surface area contributed by atoms with Crippen molar-refractivity contribution in [2.75, 3.05) is 26.4 Å². The maximum absolute atomic E-state index is 11.3. The van der Waals surface area contributed by atoms with Crippen molar-refractivity contribution in [2.24, 2.45) is 0 Å². The summed E-state index contributed by atoms with van der Waals surface area (Å²) >= 11 is 0. The van der Waals surface area contributed by atoms with Crippen molar-refractivity contribution in [3.8, 4) is 0 Å². The van der Waals surface area contributed by atoms with E-state index in [-0.39, 0.29) is 38.4 Å². The molecule has 0 radical (unpaired) electrons. The van der Waals surface area contributed by atoms with Gasteiger partial charge in [0, 0.05) is 12.8 Å². The van der Waals surface area contributed by atoms with E-state index in [2.05, 4.69) is 13.8 Å². The first-order valence-corrected chi connectivity index (χ1v) is 18.3. The number of unbranched alkanes of at least 4 members (excludes halogenated alkanes) is 22. The zero-order chi connectivity index (χ0) is 32.9. The van der Waals surface area contributed by atoms with Crippen LogP contribution in [0.3, 0.4) is 0 Å². The zero-order valence-electron chi connectivity index (χ0n) is 28.8. The van der Waals surface area contributed by atoms with Gasteiger partial charge in [-0.1, -0.05) is 155 Å². The number of carbonyl (C=O) groups is 2. The molecule has 0 aliphatic carbocycles. The van der Waals surface area contributed by atoms with Crippen LogP contribution in [-0.4, -0.2) is 71.0 Å². The van der Waals surface area contributed by atoms with E-state index >= 15 is 0 Å². The SMILES string of the molecule is CCCCCCCCCCCCCC(=O)OCC(O)CO.CCCCCCCCCCCCCCCC(=O)OCC(O)CO. The summed E-state index contributed by atoms with van der Waals surface area (Å²) in [5, 5.41) is 35.3. The van der Waals surface area contributed by atoms with Crippen LogP contribution in [0.2, 0.25) is 0 Å². The summed E-state index contributed by atoms with van der Waals surface area (Å²) in [7, 11) is 0. The van der Waals surface area contributed by atoms with Crippen molar-refractivity contribution in [1.82, 2.24) is 0 Å². The average molecular weight is 633 g/mol. The van der Waals surface area contributed by atoms with Gasteiger partial charge in [0.15, 0.2) is 0 Å². The minimum Gasteiger partial charge on any atom is -0.463 e. The summed E-state index contributed by atoms with van der Waals surface area (Å²) in [4.78, 5) is 22.7. The zero-order valence-corrected chi connectivity index (χ0v) is 28.8. The lowest BCUT2D eigenvalue weighted by Gasteiger charge is -2.08. The van der Waals surface area contributed by atoms with Crippen LogP contribution < -0.4 is 0 Å². The molecule has 0 bridgehead atoms. The van der Waals surface area contributed by atoms with Gasteiger partial charge in [-0.2, -0.15) is 0 Å². The molecule has 0 fully saturated rings. The second-order valence-electron chi connectivity index (χ2n) is 12.3. The number of hydrogen-bond donors (Lipinski definition) is 4. The third-order valence-corrected chi connectivity index (χ3v) is 7.76. The molecular weight excluding hydrogens is 560 g/mol. The minimum absolute atomic E-state index is 0.103. The highest BCUT2D eigenvalue weighted by atomic mass is 16.5. The lowest BCUT2D eigenvalue weighted by Crippen LogP contribution is -2.21. The van der Waals surface area contributed by atoms with Gasteiger partial charge >= 0.3 is 11.9 Å². The third kappa shape index (κ3) is 38.8. The Morgan fingerprint density at radius 3 is 0.886 bits per heavy atom. The van der Waals surface area contributed by atoms with Gasteiger partial charge in [-0.25, -0.2) is 0 Å². The molecule has 0 amide bonds. The average Bonchev–Trinajstić information content (AvgIpc) is 3.03. The molecular formula is C36H72O8. The van der Waals surface area contributed by atoms with Gasteiger partial charge in [-0.05, 0) is 12.8 Å². The predicted octanol–water partition coefficient (Wildman–Crippen LogP) is 7.95. The fraction of sp³-hybridized carbons (Fsp3) is 0.944. The van der Waals surface area contributed by atoms with Crippen LogP contribution in [-0.2, 0) is 19.1 Å². The molecule has 8 nitrogen and oxygen atoms in total. The molecule has 0 heterocycles. The first kappa shape index (κ1) is 44.9. The highest BCUT2D eigenvalue weighted by molar-refractivity contribution is 5.69. The molecule has 0 aromatic carbocycles. The van der Waals surface area contributed by atoms with Crippen molar-refractivity contribution in [2.45, 2.75) is 193 Å². The first-order valence-electron chi connectivity index (χ1n) is 18.3. The van der Waals surface area contributed by atoms with E-state index in [4.69, 9.17) is 29.9 Å². The maximum atomic E-state index is 11.3. The highest BCUT2D eigenvalue weighted by Crippen LogP contribution is 2.14. The lowest BCUT2D eigenvalue weighted by molar-refractivity contribution is -0.148. The Labute approximate surface area is 270 Å². The molecule has 0 aliphatic rings. The molecule has 0 aromatic rings. The number of hydrogen-bond acceptors (Lipinski definition) is 8. The van der Waals surface area contributed by atoms with Crippen molar-refractivity contribution in [3.63, 3.8) is 0 Å². The number of esters is 2. The van der Waals surface area contributed by atoms with E-state index in [9.17, 15) is 9.59 Å². The van der Waals surface area contributed by atoms with Crippen molar-refractivity contribution in [1.29, 1.82) is 0 Å². The lowest BCUT2D eigenvalue weighted by atomic mass is 10.0. The fourth-order valence-corrected chi connectivity index (χ4v) is 4.85. The second-order valence-corrected chi connectivity index (χ2v) is 12.3. The summed E-state index contributed by atoms with van der Waals surface area (Å²) < 4.78 is 9.69. The highest BCUT2D eigenvalue weighted by Gasteiger charge is 2.08. The van der Waals surface area contributed by atoms with Crippen molar-refractivity contribution >= 4 is 11.9 Å². The molecule has 0 aliphatic heterocycles. The summed E-state index contributed by atoms with van der Waals surface area (Å²) in [6.07, 6.45) is 29.4. The Morgan fingerprint density at radius 1 is 0.432 bits per heavy atom. The Hall–Kier alpha value is -1.22. The monoisotopic (exact) mass is 633 g/mol. The smallest absolute Gasteiger partial charge is 0.305 e. The van der Waals surface area contributed by atoms with E-state index in [1.54, 1.807) is 0 Å². The van der Waals surface area contributed by atoms with E-state index in [1.807, 2.05) is 0 Å². The number of aliphatic hydroxyl groups is 4. The Balaban J connectivity index is 0. The molecule has 0 rings (SSSR count). The summed E-state index contributed by atoms with van der Waals surface area (Å²) in [6.45, 7) is 3.55. The number of carbonyl (C=O) groups excluding carboxylic acids is 2. The van der Waals surface area contributed by atoms with Gasteiger partial charge in [0.2, 0.25) is 0 Å². The Bertz CT molecular complexity index is 586. The number of rotatable bonds is 32. The molecule has 0 spiro atoms. The van der Waals surface area contributed by atoms with Crippen LogP contribution in [0.5, 0.6) is 0 Å². The summed E-state index contributed by atoms with van der Waals surface area (Å²) in [5.74, 6) is -0.556. The summed E-state index contributed by atoms with van der Waals surface area (Å²) in [6, 6.07) is 0. The molecule has 264 valence electrons. The van der Waals surface area contributed by atoms with Crippen LogP contribution in [0, 0.1) is 0 Å². The van der Waals surface area contributed by atoms with Gasteiger partial charge in [0.25, 0.3) is 0 Å². The molecule has 44 heavy (non-hydrogen) atoms.